The summed E-state index contributed by atoms with van der Waals surface area (Å²) in [5.41, 5.74) is 0.634. The summed E-state index contributed by atoms with van der Waals surface area (Å²) in [5, 5.41) is 10.1. The number of rotatable bonds is 0. The second-order valence-electron chi connectivity index (χ2n) is 4.14. The summed E-state index contributed by atoms with van der Waals surface area (Å²) >= 11 is 0. The fourth-order valence-electron chi connectivity index (χ4n) is 2.54. The van der Waals surface area contributed by atoms with Gasteiger partial charge in [0.1, 0.15) is 0 Å². The SMILES string of the molecule is C=C1CCC2CCCC1(O)C2. The molecule has 2 atom stereocenters. The Bertz CT molecular complexity index is 185. The van der Waals surface area contributed by atoms with Crippen molar-refractivity contribution in [3.8, 4) is 0 Å². The second-order valence-corrected chi connectivity index (χ2v) is 4.14. The van der Waals surface area contributed by atoms with Gasteiger partial charge in [0.05, 0.1) is 5.60 Å². The van der Waals surface area contributed by atoms with Crippen LogP contribution in [-0.4, -0.2) is 10.7 Å². The second kappa shape index (κ2) is 2.34. The molecule has 2 bridgehead atoms. The molecule has 11 heavy (non-hydrogen) atoms. The monoisotopic (exact) mass is 152 g/mol. The Morgan fingerprint density at radius 1 is 1.45 bits per heavy atom. The van der Waals surface area contributed by atoms with Crippen LogP contribution in [0.3, 0.4) is 0 Å². The predicted octanol–water partition coefficient (Wildman–Crippen LogP) is 2.26. The van der Waals surface area contributed by atoms with Gasteiger partial charge in [0.2, 0.25) is 0 Å². The third-order valence-electron chi connectivity index (χ3n) is 3.34. The molecular formula is C10H16O. The molecule has 2 saturated carbocycles. The Hall–Kier alpha value is -0.300. The molecule has 0 radical (unpaired) electrons. The Balaban J connectivity index is 2.19. The summed E-state index contributed by atoms with van der Waals surface area (Å²) in [7, 11) is 0. The van der Waals surface area contributed by atoms with Gasteiger partial charge in [-0.15, -0.1) is 0 Å². The van der Waals surface area contributed by atoms with E-state index in [-0.39, 0.29) is 0 Å². The van der Waals surface area contributed by atoms with Crippen molar-refractivity contribution in [3.63, 3.8) is 0 Å². The molecule has 2 aliphatic rings. The third kappa shape index (κ3) is 1.12. The van der Waals surface area contributed by atoms with E-state index >= 15 is 0 Å². The number of hydrogen-bond donors (Lipinski definition) is 1. The highest BCUT2D eigenvalue weighted by Crippen LogP contribution is 2.44. The van der Waals surface area contributed by atoms with Crippen LogP contribution in [0.25, 0.3) is 0 Å². The van der Waals surface area contributed by atoms with Gasteiger partial charge in [-0.3, -0.25) is 0 Å². The molecule has 2 fully saturated rings. The van der Waals surface area contributed by atoms with Gasteiger partial charge in [-0.2, -0.15) is 0 Å². The number of aliphatic hydroxyl groups is 1. The van der Waals surface area contributed by atoms with Crippen molar-refractivity contribution in [2.45, 2.75) is 44.1 Å². The van der Waals surface area contributed by atoms with E-state index in [2.05, 4.69) is 6.58 Å². The van der Waals surface area contributed by atoms with Crippen LogP contribution in [0.1, 0.15) is 38.5 Å². The molecule has 0 aromatic heterocycles. The van der Waals surface area contributed by atoms with Gasteiger partial charge in [-0.25, -0.2) is 0 Å². The molecule has 1 heteroatoms. The first kappa shape index (κ1) is 7.35. The summed E-state index contributed by atoms with van der Waals surface area (Å²) in [5.74, 6) is 0.791. The van der Waals surface area contributed by atoms with E-state index in [1.807, 2.05) is 0 Å². The van der Waals surface area contributed by atoms with E-state index in [0.717, 1.165) is 30.8 Å². The largest absolute Gasteiger partial charge is 0.386 e. The molecule has 0 amide bonds. The van der Waals surface area contributed by atoms with E-state index in [9.17, 15) is 5.11 Å². The molecule has 1 N–H and O–H groups in total. The first-order valence-electron chi connectivity index (χ1n) is 4.61. The van der Waals surface area contributed by atoms with Crippen molar-refractivity contribution in [1.82, 2.24) is 0 Å². The van der Waals surface area contributed by atoms with Crippen LogP contribution in [0.4, 0.5) is 0 Å². The van der Waals surface area contributed by atoms with E-state index < -0.39 is 5.60 Å². The lowest BCUT2D eigenvalue weighted by Gasteiger charge is -2.43. The zero-order valence-electron chi connectivity index (χ0n) is 6.97. The van der Waals surface area contributed by atoms with Crippen molar-refractivity contribution in [3.05, 3.63) is 12.2 Å². The van der Waals surface area contributed by atoms with Gasteiger partial charge in [0, 0.05) is 0 Å². The first-order chi connectivity index (χ1) is 5.21. The average molecular weight is 152 g/mol. The highest BCUT2D eigenvalue weighted by molar-refractivity contribution is 5.17. The summed E-state index contributed by atoms with van der Waals surface area (Å²) < 4.78 is 0. The smallest absolute Gasteiger partial charge is 0.0856 e. The standard InChI is InChI=1S/C10H16O/c1-8-4-5-9-3-2-6-10(8,11)7-9/h9,11H,1-7H2. The lowest BCUT2D eigenvalue weighted by molar-refractivity contribution is -0.00310. The van der Waals surface area contributed by atoms with Gasteiger partial charge in [-0.05, 0) is 43.6 Å². The lowest BCUT2D eigenvalue weighted by Crippen LogP contribution is -2.40. The van der Waals surface area contributed by atoms with Crippen LogP contribution >= 0.6 is 0 Å². The molecule has 0 heterocycles. The number of fused-ring (bicyclic) bond motifs is 2. The zero-order valence-corrected chi connectivity index (χ0v) is 6.97. The third-order valence-corrected chi connectivity index (χ3v) is 3.34. The van der Waals surface area contributed by atoms with Crippen LogP contribution in [0.2, 0.25) is 0 Å². The van der Waals surface area contributed by atoms with Gasteiger partial charge in [-0.1, -0.05) is 13.0 Å². The van der Waals surface area contributed by atoms with Gasteiger partial charge in [0.25, 0.3) is 0 Å². The molecule has 0 spiro atoms. The van der Waals surface area contributed by atoms with Crippen molar-refractivity contribution in [1.29, 1.82) is 0 Å². The molecule has 0 aliphatic heterocycles. The van der Waals surface area contributed by atoms with Crippen LogP contribution in [0.5, 0.6) is 0 Å². The minimum Gasteiger partial charge on any atom is -0.386 e. The maximum absolute atomic E-state index is 10.1. The molecule has 0 aromatic rings. The van der Waals surface area contributed by atoms with Crippen molar-refractivity contribution in [2.24, 2.45) is 5.92 Å². The molecule has 0 saturated heterocycles. The van der Waals surface area contributed by atoms with Crippen molar-refractivity contribution < 1.29 is 5.11 Å². The predicted molar refractivity (Wildman–Crippen MR) is 45.3 cm³/mol. The van der Waals surface area contributed by atoms with Crippen molar-refractivity contribution >= 4 is 0 Å². The zero-order chi connectivity index (χ0) is 7.90. The molecular weight excluding hydrogens is 136 g/mol. The quantitative estimate of drug-likeness (QED) is 0.528. The van der Waals surface area contributed by atoms with Gasteiger partial charge >= 0.3 is 0 Å². The summed E-state index contributed by atoms with van der Waals surface area (Å²) in [6.07, 6.45) is 6.80. The van der Waals surface area contributed by atoms with E-state index in [0.29, 0.717) is 0 Å². The Labute approximate surface area is 68.1 Å². The molecule has 2 rings (SSSR count). The fraction of sp³-hybridized carbons (Fsp3) is 0.800. The Morgan fingerprint density at radius 2 is 2.27 bits per heavy atom. The fourth-order valence-corrected chi connectivity index (χ4v) is 2.54. The molecule has 2 aliphatic carbocycles. The summed E-state index contributed by atoms with van der Waals surface area (Å²) in [4.78, 5) is 0. The summed E-state index contributed by atoms with van der Waals surface area (Å²) in [6, 6.07) is 0. The Morgan fingerprint density at radius 3 is 3.00 bits per heavy atom. The minimum absolute atomic E-state index is 0.457. The van der Waals surface area contributed by atoms with Gasteiger partial charge in [0.15, 0.2) is 0 Å². The normalized spacial score (nSPS) is 44.1. The van der Waals surface area contributed by atoms with E-state index in [1.54, 1.807) is 0 Å². The number of hydrogen-bond acceptors (Lipinski definition) is 1. The first-order valence-corrected chi connectivity index (χ1v) is 4.61. The minimum atomic E-state index is -0.457. The van der Waals surface area contributed by atoms with Crippen molar-refractivity contribution in [2.75, 3.05) is 0 Å². The molecule has 0 aromatic carbocycles. The molecule has 62 valence electrons. The topological polar surface area (TPSA) is 20.2 Å². The van der Waals surface area contributed by atoms with Crippen LogP contribution in [0, 0.1) is 5.92 Å². The molecule has 2 unspecified atom stereocenters. The van der Waals surface area contributed by atoms with Crippen LogP contribution in [0.15, 0.2) is 12.2 Å². The summed E-state index contributed by atoms with van der Waals surface area (Å²) in [6.45, 7) is 3.96. The highest BCUT2D eigenvalue weighted by Gasteiger charge is 2.39. The lowest BCUT2D eigenvalue weighted by atomic mass is 9.67. The maximum atomic E-state index is 10.1. The van der Waals surface area contributed by atoms with E-state index in [4.69, 9.17) is 0 Å². The Kier molecular flexibility index (Phi) is 1.57. The maximum Gasteiger partial charge on any atom is 0.0856 e. The van der Waals surface area contributed by atoms with Crippen LogP contribution in [-0.2, 0) is 0 Å². The van der Waals surface area contributed by atoms with E-state index in [1.165, 1.54) is 19.3 Å². The van der Waals surface area contributed by atoms with Crippen LogP contribution < -0.4 is 0 Å². The van der Waals surface area contributed by atoms with Gasteiger partial charge < -0.3 is 5.11 Å². The molecule has 1 nitrogen and oxygen atoms in total. The average Bonchev–Trinajstić information content (AvgIpc) is 1.98. The highest BCUT2D eigenvalue weighted by atomic mass is 16.3.